The molecular formula is C26H21NO6S. The molecule has 0 N–H and O–H groups in total. The number of benzene rings is 3. The molecule has 1 aliphatic heterocycles. The Balaban J connectivity index is 1.33. The number of hydrogen-bond donors (Lipinski definition) is 0. The molecule has 0 saturated heterocycles. The van der Waals surface area contributed by atoms with Gasteiger partial charge in [-0.15, -0.1) is 0 Å². The van der Waals surface area contributed by atoms with Gasteiger partial charge in [-0.05, 0) is 55.3 Å². The topological polar surface area (TPSA) is 93.9 Å². The largest absolute Gasteiger partial charge is 0.454 e. The molecule has 8 heteroatoms. The van der Waals surface area contributed by atoms with Crippen molar-refractivity contribution in [1.29, 1.82) is 0 Å². The van der Waals surface area contributed by atoms with Crippen molar-refractivity contribution < 1.29 is 27.2 Å². The zero-order valence-corrected chi connectivity index (χ0v) is 19.1. The van der Waals surface area contributed by atoms with Crippen molar-refractivity contribution in [2.75, 3.05) is 10.9 Å². The second-order valence-corrected chi connectivity index (χ2v) is 9.97. The molecule has 0 amide bonds. The fraction of sp³-hybridized carbons (Fsp3) is 0.154. The van der Waals surface area contributed by atoms with E-state index < -0.39 is 28.4 Å². The molecule has 1 aromatic heterocycles. The summed E-state index contributed by atoms with van der Waals surface area (Å²) in [6.45, 7) is 1.32. The Morgan fingerprint density at radius 1 is 1.00 bits per heavy atom. The molecule has 0 saturated carbocycles. The lowest BCUT2D eigenvalue weighted by Crippen LogP contribution is -2.35. The highest BCUT2D eigenvalue weighted by atomic mass is 32.2. The summed E-state index contributed by atoms with van der Waals surface area (Å²) in [5, 5.41) is 0.771. The van der Waals surface area contributed by atoms with Crippen molar-refractivity contribution in [2.45, 2.75) is 24.3 Å². The molecule has 0 spiro atoms. The van der Waals surface area contributed by atoms with E-state index in [9.17, 15) is 18.0 Å². The van der Waals surface area contributed by atoms with Crippen LogP contribution in [0.4, 0.5) is 5.69 Å². The minimum Gasteiger partial charge on any atom is -0.454 e. The predicted octanol–water partition coefficient (Wildman–Crippen LogP) is 4.61. The maximum atomic E-state index is 13.4. The van der Waals surface area contributed by atoms with Gasteiger partial charge in [0.05, 0.1) is 16.1 Å². The molecule has 0 bridgehead atoms. The van der Waals surface area contributed by atoms with Gasteiger partial charge in [0.2, 0.25) is 5.78 Å². The van der Waals surface area contributed by atoms with E-state index in [2.05, 4.69) is 0 Å². The molecule has 34 heavy (non-hydrogen) atoms. The Hall–Kier alpha value is -3.91. The number of carbonyl (C=O) groups is 2. The highest BCUT2D eigenvalue weighted by Crippen LogP contribution is 2.36. The van der Waals surface area contributed by atoms with Crippen LogP contribution in [-0.4, -0.2) is 32.8 Å². The summed E-state index contributed by atoms with van der Waals surface area (Å²) in [5.74, 6) is -1.20. The second-order valence-electron chi connectivity index (χ2n) is 8.16. The van der Waals surface area contributed by atoms with E-state index in [-0.39, 0.29) is 22.3 Å². The van der Waals surface area contributed by atoms with Gasteiger partial charge in [0, 0.05) is 11.4 Å². The molecule has 1 aliphatic rings. The normalized spacial score (nSPS) is 15.3. The Morgan fingerprint density at radius 3 is 2.59 bits per heavy atom. The fourth-order valence-electron chi connectivity index (χ4n) is 4.21. The Kier molecular flexibility index (Phi) is 5.45. The highest BCUT2D eigenvalue weighted by Gasteiger charge is 2.36. The predicted molar refractivity (Wildman–Crippen MR) is 127 cm³/mol. The Bertz CT molecular complexity index is 1490. The average Bonchev–Trinajstić information content (AvgIpc) is 3.43. The number of para-hydroxylation sites is 2. The van der Waals surface area contributed by atoms with Crippen molar-refractivity contribution in [1.82, 2.24) is 0 Å². The van der Waals surface area contributed by atoms with Crippen molar-refractivity contribution in [3.63, 3.8) is 0 Å². The molecule has 0 aliphatic carbocycles. The number of ether oxygens (including phenoxy) is 1. The lowest BCUT2D eigenvalue weighted by atomic mass is 10.1. The van der Waals surface area contributed by atoms with Crippen LogP contribution in [0.3, 0.4) is 0 Å². The van der Waals surface area contributed by atoms with Gasteiger partial charge in [-0.1, -0.05) is 42.5 Å². The van der Waals surface area contributed by atoms with Crippen molar-refractivity contribution in [3.8, 4) is 0 Å². The maximum absolute atomic E-state index is 13.4. The molecule has 1 unspecified atom stereocenters. The summed E-state index contributed by atoms with van der Waals surface area (Å²) in [6.07, 6.45) is 0.612. The fourth-order valence-corrected chi connectivity index (χ4v) is 5.94. The van der Waals surface area contributed by atoms with Gasteiger partial charge in [0.25, 0.3) is 10.0 Å². The number of nitrogens with zero attached hydrogens (tertiary/aromatic N) is 1. The first kappa shape index (κ1) is 21.9. The zero-order valence-electron chi connectivity index (χ0n) is 18.3. The number of fused-ring (bicyclic) bond motifs is 2. The number of esters is 1. The molecule has 0 fully saturated rings. The summed E-state index contributed by atoms with van der Waals surface area (Å²) in [5.41, 5.74) is 2.20. The van der Waals surface area contributed by atoms with Crippen LogP contribution in [0.5, 0.6) is 0 Å². The molecule has 7 nitrogen and oxygen atoms in total. The van der Waals surface area contributed by atoms with Crippen molar-refractivity contribution in [2.24, 2.45) is 0 Å². The van der Waals surface area contributed by atoms with Crippen molar-refractivity contribution in [3.05, 3.63) is 95.7 Å². The van der Waals surface area contributed by atoms with Gasteiger partial charge in [-0.25, -0.2) is 13.2 Å². The first-order valence-electron chi connectivity index (χ1n) is 10.8. The second kappa shape index (κ2) is 8.46. The van der Waals surface area contributed by atoms with Crippen molar-refractivity contribution >= 4 is 38.4 Å². The molecule has 0 radical (unpaired) electrons. The summed E-state index contributed by atoms with van der Waals surface area (Å²) in [4.78, 5) is 25.0. The zero-order chi connectivity index (χ0) is 23.9. The SMILES string of the molecule is CC1Cc2ccccc2N1S(=O)(=O)c1cccc(C(=O)OCC(=O)c2cc3ccccc3o2)c1. The van der Waals surface area contributed by atoms with E-state index in [1.165, 1.54) is 28.6 Å². The Morgan fingerprint density at radius 2 is 1.76 bits per heavy atom. The monoisotopic (exact) mass is 475 g/mol. The van der Waals surface area contributed by atoms with Gasteiger partial charge in [0.15, 0.2) is 12.4 Å². The maximum Gasteiger partial charge on any atom is 0.338 e. The van der Waals surface area contributed by atoms with Gasteiger partial charge in [-0.2, -0.15) is 0 Å². The van der Waals surface area contributed by atoms with Crippen LogP contribution >= 0.6 is 0 Å². The molecule has 4 aromatic rings. The van der Waals surface area contributed by atoms with E-state index in [1.54, 1.807) is 30.3 Å². The van der Waals surface area contributed by atoms with Crippen LogP contribution in [0.1, 0.15) is 33.4 Å². The summed E-state index contributed by atoms with van der Waals surface area (Å²) in [6, 6.07) is 21.5. The number of Topliss-reactive ketones (excluding diaryl/α,β-unsaturated/α-hetero) is 1. The van der Waals surface area contributed by atoms with Gasteiger partial charge in [0.1, 0.15) is 5.58 Å². The van der Waals surface area contributed by atoms with Crippen LogP contribution in [0.25, 0.3) is 11.0 Å². The number of anilines is 1. The van der Waals surface area contributed by atoms with E-state index in [0.717, 1.165) is 10.9 Å². The molecular weight excluding hydrogens is 454 g/mol. The number of carbonyl (C=O) groups excluding carboxylic acids is 2. The van der Waals surface area contributed by atoms with Gasteiger partial charge >= 0.3 is 5.97 Å². The third-order valence-electron chi connectivity index (χ3n) is 5.81. The van der Waals surface area contributed by atoms with E-state index >= 15 is 0 Å². The van der Waals surface area contributed by atoms with E-state index in [4.69, 9.17) is 9.15 Å². The third kappa shape index (κ3) is 3.86. The minimum absolute atomic E-state index is 0.0193. The lowest BCUT2D eigenvalue weighted by Gasteiger charge is -2.24. The number of sulfonamides is 1. The van der Waals surface area contributed by atoms with Crippen LogP contribution in [-0.2, 0) is 21.2 Å². The first-order valence-corrected chi connectivity index (χ1v) is 12.2. The third-order valence-corrected chi connectivity index (χ3v) is 7.73. The summed E-state index contributed by atoms with van der Waals surface area (Å²) >= 11 is 0. The summed E-state index contributed by atoms with van der Waals surface area (Å²) < 4.78 is 38.9. The minimum atomic E-state index is -3.90. The highest BCUT2D eigenvalue weighted by molar-refractivity contribution is 7.92. The number of hydrogen-bond acceptors (Lipinski definition) is 6. The molecule has 5 rings (SSSR count). The molecule has 1 atom stereocenters. The number of ketones is 1. The van der Waals surface area contributed by atoms with Crippen LogP contribution in [0.15, 0.2) is 88.2 Å². The number of rotatable bonds is 6. The smallest absolute Gasteiger partial charge is 0.338 e. The molecule has 3 aromatic carbocycles. The van der Waals surface area contributed by atoms with Crippen LogP contribution in [0.2, 0.25) is 0 Å². The first-order chi connectivity index (χ1) is 16.3. The van der Waals surface area contributed by atoms with E-state index in [0.29, 0.717) is 17.7 Å². The summed E-state index contributed by atoms with van der Waals surface area (Å²) in [7, 11) is -3.90. The average molecular weight is 476 g/mol. The molecule has 172 valence electrons. The van der Waals surface area contributed by atoms with Crippen LogP contribution in [0, 0.1) is 0 Å². The lowest BCUT2D eigenvalue weighted by molar-refractivity contribution is 0.0468. The molecule has 2 heterocycles. The Labute approximate surface area is 196 Å². The quantitative estimate of drug-likeness (QED) is 0.299. The number of furan rings is 1. The standard InChI is InChI=1S/C26H21NO6S/c1-17-13-18-7-2-4-11-22(18)27(17)34(30,31)21-10-6-9-20(14-21)26(29)32-16-23(28)25-15-19-8-3-5-12-24(19)33-25/h2-12,14-15,17H,13,16H2,1H3. The van der Waals surface area contributed by atoms with Crippen LogP contribution < -0.4 is 4.31 Å². The van der Waals surface area contributed by atoms with Gasteiger partial charge in [-0.3, -0.25) is 9.10 Å². The van der Waals surface area contributed by atoms with E-state index in [1.807, 2.05) is 31.2 Å². The van der Waals surface area contributed by atoms with Gasteiger partial charge < -0.3 is 9.15 Å².